The van der Waals surface area contributed by atoms with E-state index < -0.39 is 0 Å². The molecule has 0 aliphatic carbocycles. The first-order valence-electron chi connectivity index (χ1n) is 6.23. The molecule has 0 aliphatic heterocycles. The third-order valence-corrected chi connectivity index (χ3v) is 3.63. The lowest BCUT2D eigenvalue weighted by Gasteiger charge is -1.97. The van der Waals surface area contributed by atoms with Gasteiger partial charge in [0.15, 0.2) is 0 Å². The molecule has 0 saturated carbocycles. The second-order valence-corrected chi connectivity index (χ2v) is 5.13. The molecule has 0 fully saturated rings. The maximum atomic E-state index is 4.39. The number of hydrazone groups is 1. The van der Waals surface area contributed by atoms with E-state index in [9.17, 15) is 0 Å². The van der Waals surface area contributed by atoms with Gasteiger partial charge in [-0.05, 0) is 36.1 Å². The Kier molecular flexibility index (Phi) is 3.69. The molecule has 2 N–H and O–H groups in total. The summed E-state index contributed by atoms with van der Waals surface area (Å²) in [5.74, 6) is 0.642. The molecule has 5 heteroatoms. The number of aromatic nitrogens is 2. The number of fused-ring (bicyclic) bond motifs is 1. The van der Waals surface area contributed by atoms with E-state index in [1.54, 1.807) is 18.0 Å². The fourth-order valence-electron chi connectivity index (χ4n) is 1.86. The molecular formula is C15H14N4S. The first-order chi connectivity index (χ1) is 9.85. The van der Waals surface area contributed by atoms with Gasteiger partial charge in [-0.3, -0.25) is 0 Å². The van der Waals surface area contributed by atoms with Gasteiger partial charge in [0.1, 0.15) is 0 Å². The van der Waals surface area contributed by atoms with Crippen molar-refractivity contribution in [2.24, 2.45) is 5.10 Å². The molecule has 0 saturated heterocycles. The summed E-state index contributed by atoms with van der Waals surface area (Å²) in [6.45, 7) is 0. The molecule has 0 spiro atoms. The minimum atomic E-state index is 0.642. The molecule has 20 heavy (non-hydrogen) atoms. The lowest BCUT2D eigenvalue weighted by Crippen LogP contribution is -1.92. The predicted molar refractivity (Wildman–Crippen MR) is 85.5 cm³/mol. The minimum Gasteiger partial charge on any atom is -0.323 e. The molecule has 0 aliphatic rings. The van der Waals surface area contributed by atoms with Crippen LogP contribution in [0.1, 0.15) is 5.56 Å². The first-order valence-corrected chi connectivity index (χ1v) is 7.45. The Morgan fingerprint density at radius 1 is 1.15 bits per heavy atom. The Bertz CT molecular complexity index is 698. The van der Waals surface area contributed by atoms with Gasteiger partial charge in [0.2, 0.25) is 5.95 Å². The third-order valence-electron chi connectivity index (χ3n) is 2.89. The van der Waals surface area contributed by atoms with Gasteiger partial charge in [0.25, 0.3) is 0 Å². The highest BCUT2D eigenvalue weighted by molar-refractivity contribution is 7.98. The second kappa shape index (κ2) is 5.79. The van der Waals surface area contributed by atoms with E-state index in [2.05, 4.69) is 38.9 Å². The second-order valence-electron chi connectivity index (χ2n) is 4.25. The van der Waals surface area contributed by atoms with Crippen molar-refractivity contribution in [3.05, 3.63) is 54.1 Å². The largest absolute Gasteiger partial charge is 0.323 e. The standard InChI is InChI=1S/C15H14N4S/c1-20-12-8-6-11(7-9-12)10-16-19-15-17-13-4-2-3-5-14(13)18-15/h2-10H,1H3,(H2,17,18,19)/b16-10-. The number of anilines is 1. The number of hydrogen-bond acceptors (Lipinski definition) is 4. The van der Waals surface area contributed by atoms with Crippen LogP contribution in [0.4, 0.5) is 5.95 Å². The normalized spacial score (nSPS) is 11.2. The summed E-state index contributed by atoms with van der Waals surface area (Å²) in [5.41, 5.74) is 5.88. The SMILES string of the molecule is CSc1ccc(/C=N\Nc2nc3ccccc3[nH]2)cc1. The average Bonchev–Trinajstić information content (AvgIpc) is 2.90. The fourth-order valence-corrected chi connectivity index (χ4v) is 2.27. The first kappa shape index (κ1) is 12.7. The number of para-hydroxylation sites is 2. The topological polar surface area (TPSA) is 53.1 Å². The Labute approximate surface area is 121 Å². The summed E-state index contributed by atoms with van der Waals surface area (Å²) in [4.78, 5) is 8.79. The summed E-state index contributed by atoms with van der Waals surface area (Å²) in [5, 5.41) is 4.19. The number of nitrogens with zero attached hydrogens (tertiary/aromatic N) is 2. The molecule has 1 aromatic heterocycles. The van der Waals surface area contributed by atoms with Crippen LogP contribution in [-0.2, 0) is 0 Å². The van der Waals surface area contributed by atoms with Crippen LogP contribution in [0.25, 0.3) is 11.0 Å². The number of rotatable bonds is 4. The van der Waals surface area contributed by atoms with Crippen LogP contribution in [0.15, 0.2) is 58.5 Å². The van der Waals surface area contributed by atoms with Gasteiger partial charge >= 0.3 is 0 Å². The van der Waals surface area contributed by atoms with E-state index >= 15 is 0 Å². The minimum absolute atomic E-state index is 0.642. The zero-order valence-electron chi connectivity index (χ0n) is 11.0. The molecular weight excluding hydrogens is 268 g/mol. The monoisotopic (exact) mass is 282 g/mol. The maximum Gasteiger partial charge on any atom is 0.222 e. The van der Waals surface area contributed by atoms with Gasteiger partial charge in [0, 0.05) is 4.90 Å². The van der Waals surface area contributed by atoms with Crippen molar-refractivity contribution in [3.63, 3.8) is 0 Å². The zero-order chi connectivity index (χ0) is 13.8. The van der Waals surface area contributed by atoms with E-state index in [0.29, 0.717) is 5.95 Å². The van der Waals surface area contributed by atoms with E-state index in [0.717, 1.165) is 16.6 Å². The molecule has 3 rings (SSSR count). The predicted octanol–water partition coefficient (Wildman–Crippen LogP) is 3.73. The van der Waals surface area contributed by atoms with Gasteiger partial charge in [-0.15, -0.1) is 11.8 Å². The molecule has 1 heterocycles. The van der Waals surface area contributed by atoms with E-state index in [4.69, 9.17) is 0 Å². The van der Waals surface area contributed by atoms with Gasteiger partial charge in [-0.25, -0.2) is 10.4 Å². The number of hydrogen-bond donors (Lipinski definition) is 2. The summed E-state index contributed by atoms with van der Waals surface area (Å²) >= 11 is 1.73. The highest BCUT2D eigenvalue weighted by atomic mass is 32.2. The summed E-state index contributed by atoms with van der Waals surface area (Å²) in [7, 11) is 0. The van der Waals surface area contributed by atoms with Crippen molar-refractivity contribution in [3.8, 4) is 0 Å². The number of imidazole rings is 1. The van der Waals surface area contributed by atoms with Crippen molar-refractivity contribution in [1.29, 1.82) is 0 Å². The number of benzene rings is 2. The molecule has 2 aromatic carbocycles. The number of H-pyrrole nitrogens is 1. The molecule has 100 valence electrons. The molecule has 0 bridgehead atoms. The van der Waals surface area contributed by atoms with Crippen molar-refractivity contribution in [2.75, 3.05) is 11.7 Å². The van der Waals surface area contributed by atoms with Gasteiger partial charge in [-0.2, -0.15) is 5.10 Å². The number of aromatic amines is 1. The van der Waals surface area contributed by atoms with Crippen LogP contribution < -0.4 is 5.43 Å². The lowest BCUT2D eigenvalue weighted by atomic mass is 10.2. The molecule has 0 atom stereocenters. The zero-order valence-corrected chi connectivity index (χ0v) is 11.8. The highest BCUT2D eigenvalue weighted by Crippen LogP contribution is 2.14. The molecule has 3 aromatic rings. The van der Waals surface area contributed by atoms with Gasteiger partial charge < -0.3 is 4.98 Å². The Morgan fingerprint density at radius 2 is 1.95 bits per heavy atom. The Morgan fingerprint density at radius 3 is 2.70 bits per heavy atom. The van der Waals surface area contributed by atoms with Gasteiger partial charge in [0.05, 0.1) is 17.2 Å². The third kappa shape index (κ3) is 2.83. The van der Waals surface area contributed by atoms with Crippen LogP contribution in [-0.4, -0.2) is 22.4 Å². The van der Waals surface area contributed by atoms with Crippen LogP contribution in [0.5, 0.6) is 0 Å². The Balaban J connectivity index is 1.69. The average molecular weight is 282 g/mol. The van der Waals surface area contributed by atoms with Crippen LogP contribution in [0.3, 0.4) is 0 Å². The smallest absolute Gasteiger partial charge is 0.222 e. The Hall–Kier alpha value is -2.27. The lowest BCUT2D eigenvalue weighted by molar-refractivity contribution is 1.21. The number of thioether (sulfide) groups is 1. The molecule has 4 nitrogen and oxygen atoms in total. The van der Waals surface area contributed by atoms with Crippen LogP contribution in [0, 0.1) is 0 Å². The van der Waals surface area contributed by atoms with Crippen molar-refractivity contribution in [1.82, 2.24) is 9.97 Å². The maximum absolute atomic E-state index is 4.39. The van der Waals surface area contributed by atoms with Crippen molar-refractivity contribution < 1.29 is 0 Å². The quantitative estimate of drug-likeness (QED) is 0.435. The summed E-state index contributed by atoms with van der Waals surface area (Å²) in [6, 6.07) is 16.1. The van der Waals surface area contributed by atoms with E-state index in [-0.39, 0.29) is 0 Å². The van der Waals surface area contributed by atoms with Gasteiger partial charge in [-0.1, -0.05) is 24.3 Å². The van der Waals surface area contributed by atoms with E-state index in [1.165, 1.54) is 4.90 Å². The van der Waals surface area contributed by atoms with Crippen LogP contribution >= 0.6 is 11.8 Å². The van der Waals surface area contributed by atoms with Crippen molar-refractivity contribution in [2.45, 2.75) is 4.90 Å². The fraction of sp³-hybridized carbons (Fsp3) is 0.0667. The highest BCUT2D eigenvalue weighted by Gasteiger charge is 1.99. The van der Waals surface area contributed by atoms with E-state index in [1.807, 2.05) is 36.4 Å². The molecule has 0 unspecified atom stereocenters. The molecule has 0 radical (unpaired) electrons. The summed E-state index contributed by atoms with van der Waals surface area (Å²) in [6.07, 6.45) is 3.84. The van der Waals surface area contributed by atoms with Crippen molar-refractivity contribution >= 4 is 35.0 Å². The summed E-state index contributed by atoms with van der Waals surface area (Å²) < 4.78 is 0. The van der Waals surface area contributed by atoms with Crippen LogP contribution in [0.2, 0.25) is 0 Å². The molecule has 0 amide bonds. The number of nitrogens with one attached hydrogen (secondary N) is 2.